The summed E-state index contributed by atoms with van der Waals surface area (Å²) in [7, 11) is 2.86. The third kappa shape index (κ3) is 5.17. The lowest BCUT2D eigenvalue weighted by molar-refractivity contribution is -0.142. The molecule has 2 heterocycles. The predicted molar refractivity (Wildman–Crippen MR) is 141 cm³/mol. The van der Waals surface area contributed by atoms with Gasteiger partial charge in [-0.1, -0.05) is 12.1 Å². The van der Waals surface area contributed by atoms with Crippen LogP contribution in [0.5, 0.6) is 40.2 Å². The van der Waals surface area contributed by atoms with Crippen molar-refractivity contribution in [2.75, 3.05) is 20.8 Å². The van der Waals surface area contributed by atoms with Gasteiger partial charge in [-0.2, -0.15) is 0 Å². The highest BCUT2D eigenvalue weighted by Gasteiger charge is 2.38. The normalized spacial score (nSPS) is 16.1. The topological polar surface area (TPSA) is 154 Å². The average Bonchev–Trinajstić information content (AvgIpc) is 2.96. The maximum absolute atomic E-state index is 12.6. The lowest BCUT2D eigenvalue weighted by Crippen LogP contribution is -2.37. The zero-order valence-corrected chi connectivity index (χ0v) is 21.3. The number of carbonyl (C=O) groups excluding carboxylic acids is 1. The van der Waals surface area contributed by atoms with Crippen molar-refractivity contribution in [2.24, 2.45) is 0 Å². The number of phenolic OH excluding ortho intramolecular Hbond substituents is 3. The molecule has 0 radical (unpaired) electrons. The first-order valence-electron chi connectivity index (χ1n) is 12.0. The van der Waals surface area contributed by atoms with E-state index in [1.807, 2.05) is 0 Å². The quantitative estimate of drug-likeness (QED) is 0.133. The van der Waals surface area contributed by atoms with Crippen LogP contribution < -0.4 is 24.6 Å². The fourth-order valence-electron chi connectivity index (χ4n) is 4.22. The highest BCUT2D eigenvalue weighted by Crippen LogP contribution is 2.50. The summed E-state index contributed by atoms with van der Waals surface area (Å²) in [5.41, 5.74) is 0.532. The van der Waals surface area contributed by atoms with Crippen LogP contribution in [-0.4, -0.2) is 48.2 Å². The Kier molecular flexibility index (Phi) is 7.11. The minimum Gasteiger partial charge on any atom is -0.504 e. The molecule has 0 fully saturated rings. The second-order valence-electron chi connectivity index (χ2n) is 8.75. The molecule has 40 heavy (non-hydrogen) atoms. The van der Waals surface area contributed by atoms with Gasteiger partial charge in [-0.15, -0.1) is 0 Å². The van der Waals surface area contributed by atoms with Crippen molar-refractivity contribution in [2.45, 2.75) is 12.2 Å². The molecule has 1 aliphatic rings. The van der Waals surface area contributed by atoms with E-state index in [0.29, 0.717) is 22.3 Å². The molecule has 3 N–H and O–H groups in total. The van der Waals surface area contributed by atoms with Crippen LogP contribution in [-0.2, 0) is 9.53 Å². The van der Waals surface area contributed by atoms with Gasteiger partial charge in [0.2, 0.25) is 11.5 Å². The minimum atomic E-state index is -0.933. The number of methoxy groups -OCH3 is 2. The number of hydrogen-bond donors (Lipinski definition) is 3. The van der Waals surface area contributed by atoms with Crippen molar-refractivity contribution in [1.82, 2.24) is 0 Å². The fraction of sp³-hybridized carbons (Fsp3) is 0.172. The van der Waals surface area contributed by atoms with Gasteiger partial charge in [-0.05, 0) is 48.0 Å². The zero-order chi connectivity index (χ0) is 28.4. The Hall–Kier alpha value is -5.32. The number of hydrogen-bond acceptors (Lipinski definition) is 11. The first-order valence-corrected chi connectivity index (χ1v) is 12.0. The number of esters is 1. The number of fused-ring (bicyclic) bond motifs is 3. The first-order chi connectivity index (χ1) is 19.3. The van der Waals surface area contributed by atoms with Crippen LogP contribution in [0.1, 0.15) is 17.2 Å². The van der Waals surface area contributed by atoms with Crippen molar-refractivity contribution >= 4 is 23.0 Å². The highest BCUT2D eigenvalue weighted by atomic mass is 16.6. The molecule has 0 amide bonds. The molecule has 11 nitrogen and oxygen atoms in total. The molecule has 0 bridgehead atoms. The summed E-state index contributed by atoms with van der Waals surface area (Å²) < 4.78 is 34.2. The summed E-state index contributed by atoms with van der Waals surface area (Å²) in [6.45, 7) is -0.285. The zero-order valence-electron chi connectivity index (χ0n) is 21.3. The van der Waals surface area contributed by atoms with Crippen LogP contribution in [0.4, 0.5) is 0 Å². The summed E-state index contributed by atoms with van der Waals surface area (Å²) in [5, 5.41) is 29.7. The number of carbonyl (C=O) groups is 1. The van der Waals surface area contributed by atoms with Gasteiger partial charge in [-0.25, -0.2) is 9.59 Å². The van der Waals surface area contributed by atoms with Gasteiger partial charge < -0.3 is 43.4 Å². The smallest absolute Gasteiger partial charge is 0.336 e. The molecular weight excluding hydrogens is 524 g/mol. The van der Waals surface area contributed by atoms with E-state index in [1.54, 1.807) is 24.3 Å². The minimum absolute atomic E-state index is 0.0814. The van der Waals surface area contributed by atoms with E-state index in [2.05, 4.69) is 0 Å². The van der Waals surface area contributed by atoms with Crippen molar-refractivity contribution in [3.8, 4) is 40.2 Å². The van der Waals surface area contributed by atoms with E-state index in [9.17, 15) is 24.9 Å². The van der Waals surface area contributed by atoms with E-state index in [-0.39, 0.29) is 46.7 Å². The largest absolute Gasteiger partial charge is 0.504 e. The number of ether oxygens (including phenoxy) is 5. The van der Waals surface area contributed by atoms with Gasteiger partial charge >= 0.3 is 11.6 Å². The number of rotatable bonds is 7. The molecule has 0 unspecified atom stereocenters. The predicted octanol–water partition coefficient (Wildman–Crippen LogP) is 4.06. The molecule has 0 aliphatic carbocycles. The second-order valence-corrected chi connectivity index (χ2v) is 8.75. The van der Waals surface area contributed by atoms with Crippen molar-refractivity contribution in [3.05, 3.63) is 82.2 Å². The van der Waals surface area contributed by atoms with Gasteiger partial charge in [0, 0.05) is 23.1 Å². The Labute approximate surface area is 227 Å². The summed E-state index contributed by atoms with van der Waals surface area (Å²) in [5.74, 6) is -0.620. The van der Waals surface area contributed by atoms with Crippen LogP contribution in [0.3, 0.4) is 0 Å². The molecule has 0 saturated heterocycles. The molecular formula is C29H24O11. The summed E-state index contributed by atoms with van der Waals surface area (Å²) in [6.07, 6.45) is 0.761. The van der Waals surface area contributed by atoms with Crippen LogP contribution in [0.15, 0.2) is 69.9 Å². The molecule has 2 atom stereocenters. The molecule has 4 aromatic rings. The third-order valence-corrected chi connectivity index (χ3v) is 6.19. The van der Waals surface area contributed by atoms with E-state index < -0.39 is 23.8 Å². The van der Waals surface area contributed by atoms with Crippen molar-refractivity contribution in [1.29, 1.82) is 0 Å². The maximum Gasteiger partial charge on any atom is 0.336 e. The SMILES string of the molecule is COc1cc([C@H]2Oc3c(OC)cc4ccc(=O)oc4c3O[C@@H]2COC(=O)/C=C/c2ccc(O)c(O)c2)ccc1O. The third-order valence-electron chi connectivity index (χ3n) is 6.19. The highest BCUT2D eigenvalue weighted by molar-refractivity contribution is 5.89. The standard InChI is InChI=1S/C29H24O11/c1-35-21-12-16(5-8-19(21)31)26-23(14-37-24(33)9-4-15-3-7-18(30)20(32)11-15)38-29-27-17(6-10-25(34)39-27)13-22(36-2)28(29)40-26/h3-13,23,26,30-32H,14H2,1-2H3/b9-4+/t23-,26-/m1/s1. The van der Waals surface area contributed by atoms with Gasteiger partial charge in [0.1, 0.15) is 6.61 Å². The Bertz CT molecular complexity index is 1670. The molecule has 0 spiro atoms. The Morgan fingerprint density at radius 3 is 2.40 bits per heavy atom. The molecule has 11 heteroatoms. The van der Waals surface area contributed by atoms with Gasteiger partial charge in [-0.3, -0.25) is 0 Å². The average molecular weight is 549 g/mol. The molecule has 1 aromatic heterocycles. The summed E-state index contributed by atoms with van der Waals surface area (Å²) >= 11 is 0. The van der Waals surface area contributed by atoms with Crippen molar-refractivity contribution in [3.63, 3.8) is 0 Å². The van der Waals surface area contributed by atoms with E-state index >= 15 is 0 Å². The van der Waals surface area contributed by atoms with Gasteiger partial charge in [0.15, 0.2) is 46.5 Å². The van der Waals surface area contributed by atoms with E-state index in [0.717, 1.165) is 6.08 Å². The maximum atomic E-state index is 12.6. The van der Waals surface area contributed by atoms with Crippen LogP contribution in [0, 0.1) is 0 Å². The number of aromatic hydroxyl groups is 3. The lowest BCUT2D eigenvalue weighted by Gasteiger charge is -2.34. The lowest BCUT2D eigenvalue weighted by atomic mass is 10.0. The van der Waals surface area contributed by atoms with Gasteiger partial charge in [0.05, 0.1) is 14.2 Å². The second kappa shape index (κ2) is 10.8. The first kappa shape index (κ1) is 26.3. The monoisotopic (exact) mass is 548 g/mol. The summed E-state index contributed by atoms with van der Waals surface area (Å²) in [4.78, 5) is 24.6. The Balaban J connectivity index is 1.48. The van der Waals surface area contributed by atoms with Crippen LogP contribution in [0.25, 0.3) is 17.0 Å². The fourth-order valence-corrected chi connectivity index (χ4v) is 4.22. The Morgan fingerprint density at radius 2 is 1.65 bits per heavy atom. The van der Waals surface area contributed by atoms with Crippen molar-refractivity contribution < 1.29 is 48.2 Å². The number of phenols is 3. The van der Waals surface area contributed by atoms with Gasteiger partial charge in [0.25, 0.3) is 0 Å². The summed E-state index contributed by atoms with van der Waals surface area (Å²) in [6, 6.07) is 13.2. The van der Waals surface area contributed by atoms with E-state index in [1.165, 1.54) is 50.6 Å². The molecule has 0 saturated carbocycles. The van der Waals surface area contributed by atoms with Crippen LogP contribution >= 0.6 is 0 Å². The molecule has 3 aromatic carbocycles. The number of benzene rings is 3. The molecule has 206 valence electrons. The molecule has 5 rings (SSSR count). The molecule has 1 aliphatic heterocycles. The Morgan fingerprint density at radius 1 is 0.875 bits per heavy atom. The van der Waals surface area contributed by atoms with E-state index in [4.69, 9.17) is 28.1 Å². The van der Waals surface area contributed by atoms with Crippen LogP contribution in [0.2, 0.25) is 0 Å².